The molecule has 180 valence electrons. The van der Waals surface area contributed by atoms with E-state index in [1.54, 1.807) is 0 Å². The van der Waals surface area contributed by atoms with Gasteiger partial charge >= 0.3 is 0 Å². The average molecular weight is 467 g/mol. The Morgan fingerprint density at radius 1 is 0.939 bits per heavy atom. The summed E-state index contributed by atoms with van der Waals surface area (Å²) >= 11 is 0. The van der Waals surface area contributed by atoms with Crippen LogP contribution in [-0.2, 0) is 4.74 Å². The standard InChI is InChI=1S/C29H42N2OS/c1-19(2)23-12-11-13-24(20(3)4)27(23)31-26(28-30-25(18-32-28)29(5,6)7)21-14-16-22(17-15-21)33(8,9)10/h11-17,19-20,25H,18H2,1-10H3/b31-26+/t25-/m1/s1. The summed E-state index contributed by atoms with van der Waals surface area (Å²) in [6.07, 6.45) is 6.97. The first-order valence-electron chi connectivity index (χ1n) is 12.0. The Balaban J connectivity index is 2.22. The van der Waals surface area contributed by atoms with Crippen LogP contribution in [0.4, 0.5) is 5.69 Å². The minimum Gasteiger partial charge on any atom is -0.474 e. The van der Waals surface area contributed by atoms with Gasteiger partial charge in [0.25, 0.3) is 0 Å². The third-order valence-corrected chi connectivity index (χ3v) is 7.94. The molecular formula is C29H42N2OS. The summed E-state index contributed by atoms with van der Waals surface area (Å²) in [5.41, 5.74) is 5.54. The van der Waals surface area contributed by atoms with E-state index in [4.69, 9.17) is 14.7 Å². The number of para-hydroxylation sites is 1. The largest absolute Gasteiger partial charge is 0.474 e. The Hall–Kier alpha value is -2.07. The molecule has 0 N–H and O–H groups in total. The van der Waals surface area contributed by atoms with Gasteiger partial charge in [-0.25, -0.2) is 20.0 Å². The number of rotatable bonds is 6. The highest BCUT2D eigenvalue weighted by Crippen LogP contribution is 2.45. The number of hydrogen-bond acceptors (Lipinski definition) is 3. The predicted molar refractivity (Wildman–Crippen MR) is 148 cm³/mol. The van der Waals surface area contributed by atoms with Gasteiger partial charge in [0.05, 0.1) is 11.7 Å². The molecule has 0 saturated heterocycles. The molecule has 2 aromatic carbocycles. The van der Waals surface area contributed by atoms with Crippen molar-refractivity contribution in [3.8, 4) is 0 Å². The van der Waals surface area contributed by atoms with Gasteiger partial charge in [0, 0.05) is 5.56 Å². The first-order valence-corrected chi connectivity index (χ1v) is 14.9. The van der Waals surface area contributed by atoms with Crippen LogP contribution in [0.15, 0.2) is 57.3 Å². The van der Waals surface area contributed by atoms with E-state index in [9.17, 15) is 0 Å². The van der Waals surface area contributed by atoms with Gasteiger partial charge < -0.3 is 4.74 Å². The van der Waals surface area contributed by atoms with Crippen molar-refractivity contribution in [1.29, 1.82) is 0 Å². The zero-order valence-corrected chi connectivity index (χ0v) is 23.0. The van der Waals surface area contributed by atoms with E-state index in [-0.39, 0.29) is 11.5 Å². The Morgan fingerprint density at radius 3 is 1.91 bits per heavy atom. The molecule has 0 bridgehead atoms. The lowest BCUT2D eigenvalue weighted by Crippen LogP contribution is -2.25. The molecule has 0 saturated carbocycles. The fourth-order valence-corrected chi connectivity index (χ4v) is 4.91. The topological polar surface area (TPSA) is 34.0 Å². The second-order valence-electron chi connectivity index (χ2n) is 11.5. The first-order chi connectivity index (χ1) is 15.3. The second-order valence-corrected chi connectivity index (χ2v) is 15.7. The monoisotopic (exact) mass is 466 g/mol. The van der Waals surface area contributed by atoms with Gasteiger partial charge in [0.15, 0.2) is 0 Å². The lowest BCUT2D eigenvalue weighted by Gasteiger charge is -2.26. The molecule has 33 heavy (non-hydrogen) atoms. The fraction of sp³-hybridized carbons (Fsp3) is 0.517. The van der Waals surface area contributed by atoms with E-state index in [0.29, 0.717) is 24.3 Å². The van der Waals surface area contributed by atoms with E-state index in [1.165, 1.54) is 16.0 Å². The van der Waals surface area contributed by atoms with Crippen LogP contribution in [-0.4, -0.2) is 43.0 Å². The lowest BCUT2D eigenvalue weighted by molar-refractivity contribution is 0.237. The first kappa shape index (κ1) is 25.6. The molecule has 0 aliphatic carbocycles. The van der Waals surface area contributed by atoms with Gasteiger partial charge in [-0.05, 0) is 64.2 Å². The molecule has 0 radical (unpaired) electrons. The van der Waals surface area contributed by atoms with Crippen molar-refractivity contribution in [3.05, 3.63) is 59.2 Å². The summed E-state index contributed by atoms with van der Waals surface area (Å²) in [5.74, 6) is 1.42. The van der Waals surface area contributed by atoms with Gasteiger partial charge in [-0.1, -0.05) is 78.8 Å². The molecule has 0 amide bonds. The molecule has 0 fully saturated rings. The zero-order chi connectivity index (χ0) is 24.6. The highest BCUT2D eigenvalue weighted by Gasteiger charge is 2.32. The van der Waals surface area contributed by atoms with E-state index in [2.05, 4.69) is 110 Å². The van der Waals surface area contributed by atoms with Gasteiger partial charge in [-0.2, -0.15) is 0 Å². The Kier molecular flexibility index (Phi) is 7.48. The molecule has 0 spiro atoms. The average Bonchev–Trinajstić information content (AvgIpc) is 3.21. The van der Waals surface area contributed by atoms with Crippen LogP contribution in [0.3, 0.4) is 0 Å². The van der Waals surface area contributed by atoms with Gasteiger partial charge in [-0.3, -0.25) is 0 Å². The zero-order valence-electron chi connectivity index (χ0n) is 22.2. The van der Waals surface area contributed by atoms with Crippen molar-refractivity contribution in [2.75, 3.05) is 25.4 Å². The number of hydrogen-bond donors (Lipinski definition) is 0. The minimum absolute atomic E-state index is 0.0469. The SMILES string of the molecule is CC(C)c1cccc(C(C)C)c1/N=C(/C1=N[C@@H](C(C)(C)C)CO1)c1ccc(S(C)(C)C)cc1. The lowest BCUT2D eigenvalue weighted by atomic mass is 9.88. The molecule has 1 heterocycles. The van der Waals surface area contributed by atoms with Crippen LogP contribution in [0.1, 0.15) is 77.0 Å². The summed E-state index contributed by atoms with van der Waals surface area (Å²) in [7, 11) is -0.789. The van der Waals surface area contributed by atoms with E-state index >= 15 is 0 Å². The molecular weight excluding hydrogens is 424 g/mol. The van der Waals surface area contributed by atoms with Crippen LogP contribution in [0.2, 0.25) is 0 Å². The molecule has 0 unspecified atom stereocenters. The number of benzene rings is 2. The predicted octanol–water partition coefficient (Wildman–Crippen LogP) is 7.95. The second kappa shape index (κ2) is 9.66. The normalized spacial score (nSPS) is 18.0. The van der Waals surface area contributed by atoms with E-state index < -0.39 is 10.0 Å². The van der Waals surface area contributed by atoms with Crippen LogP contribution in [0.5, 0.6) is 0 Å². The highest BCUT2D eigenvalue weighted by molar-refractivity contribution is 8.32. The van der Waals surface area contributed by atoms with Crippen LogP contribution in [0.25, 0.3) is 0 Å². The van der Waals surface area contributed by atoms with Crippen LogP contribution < -0.4 is 0 Å². The van der Waals surface area contributed by atoms with Crippen molar-refractivity contribution in [3.63, 3.8) is 0 Å². The Bertz CT molecular complexity index is 1010. The summed E-state index contributed by atoms with van der Waals surface area (Å²) in [6, 6.07) is 15.6. The summed E-state index contributed by atoms with van der Waals surface area (Å²) < 4.78 is 6.20. The summed E-state index contributed by atoms with van der Waals surface area (Å²) in [5, 5.41) is 0. The molecule has 1 aliphatic rings. The maximum atomic E-state index is 6.20. The maximum absolute atomic E-state index is 6.20. The fourth-order valence-electron chi connectivity index (χ4n) is 3.96. The molecule has 4 heteroatoms. The van der Waals surface area contributed by atoms with Gasteiger partial charge in [-0.15, -0.1) is 0 Å². The third kappa shape index (κ3) is 5.90. The molecule has 1 aliphatic heterocycles. The van der Waals surface area contributed by atoms with E-state index in [0.717, 1.165) is 17.0 Å². The molecule has 0 aromatic heterocycles. The van der Waals surface area contributed by atoms with Crippen LogP contribution in [0, 0.1) is 5.41 Å². The number of aliphatic imine (C=N–C) groups is 2. The van der Waals surface area contributed by atoms with Gasteiger partial charge in [0.1, 0.15) is 12.3 Å². The quantitative estimate of drug-likeness (QED) is 0.398. The summed E-state index contributed by atoms with van der Waals surface area (Å²) in [6.45, 7) is 16.2. The molecule has 3 nitrogen and oxygen atoms in total. The molecule has 2 aromatic rings. The van der Waals surface area contributed by atoms with Crippen molar-refractivity contribution in [2.45, 2.75) is 71.2 Å². The molecule has 1 atom stereocenters. The maximum Gasteiger partial charge on any atom is 0.236 e. The van der Waals surface area contributed by atoms with Crippen molar-refractivity contribution >= 4 is 27.3 Å². The summed E-state index contributed by atoms with van der Waals surface area (Å²) in [4.78, 5) is 11.7. The molecule has 3 rings (SSSR count). The van der Waals surface area contributed by atoms with Gasteiger partial charge in [0.2, 0.25) is 5.90 Å². The van der Waals surface area contributed by atoms with Crippen molar-refractivity contribution in [1.82, 2.24) is 0 Å². The number of nitrogens with zero attached hydrogens (tertiary/aromatic N) is 2. The minimum atomic E-state index is -0.789. The Labute approximate surface area is 203 Å². The Morgan fingerprint density at radius 2 is 1.48 bits per heavy atom. The highest BCUT2D eigenvalue weighted by atomic mass is 32.3. The number of ether oxygens (including phenoxy) is 1. The smallest absolute Gasteiger partial charge is 0.236 e. The van der Waals surface area contributed by atoms with E-state index in [1.807, 2.05) is 0 Å². The van der Waals surface area contributed by atoms with Crippen molar-refractivity contribution in [2.24, 2.45) is 15.4 Å². The van der Waals surface area contributed by atoms with Crippen molar-refractivity contribution < 1.29 is 4.74 Å². The van der Waals surface area contributed by atoms with Crippen LogP contribution >= 0.6 is 10.0 Å². The third-order valence-electron chi connectivity index (χ3n) is 6.25.